The van der Waals surface area contributed by atoms with Crippen LogP contribution in [0.25, 0.3) is 0 Å². The zero-order valence-corrected chi connectivity index (χ0v) is 12.8. The molecule has 0 spiro atoms. The number of aromatic hydroxyl groups is 1. The fraction of sp³-hybridized carbons (Fsp3) is 0.250. The van der Waals surface area contributed by atoms with E-state index in [0.717, 1.165) is 11.1 Å². The second-order valence-corrected chi connectivity index (χ2v) is 4.95. The topological polar surface area (TPSA) is 50.7 Å². The summed E-state index contributed by atoms with van der Waals surface area (Å²) in [5.74, 6) is 1.42. The van der Waals surface area contributed by atoms with Crippen LogP contribution in [0.1, 0.15) is 11.1 Å². The van der Waals surface area contributed by atoms with Crippen LogP contribution in [0.5, 0.6) is 17.2 Å². The third kappa shape index (κ3) is 3.80. The number of nitrogens with one attached hydrogen (secondary N) is 1. The van der Waals surface area contributed by atoms with Crippen LogP contribution in [0.15, 0.2) is 36.4 Å². The first kappa shape index (κ1) is 15.5. The van der Waals surface area contributed by atoms with Gasteiger partial charge < -0.3 is 19.9 Å². The van der Waals surface area contributed by atoms with Gasteiger partial charge in [-0.15, -0.1) is 0 Å². The van der Waals surface area contributed by atoms with Gasteiger partial charge in [-0.1, -0.05) is 29.8 Å². The highest BCUT2D eigenvalue weighted by Gasteiger charge is 2.10. The smallest absolute Gasteiger partial charge is 0.179 e. The molecule has 0 bridgehead atoms. The number of benzene rings is 2. The fourth-order valence-corrected chi connectivity index (χ4v) is 2.39. The molecule has 0 aliphatic carbocycles. The number of hydrogen-bond acceptors (Lipinski definition) is 4. The molecule has 0 saturated heterocycles. The lowest BCUT2D eigenvalue weighted by molar-refractivity contribution is 0.354. The monoisotopic (exact) mass is 307 g/mol. The van der Waals surface area contributed by atoms with Gasteiger partial charge in [0.25, 0.3) is 0 Å². The Morgan fingerprint density at radius 1 is 1.10 bits per heavy atom. The minimum Gasteiger partial charge on any atom is -0.508 e. The number of hydrogen-bond donors (Lipinski definition) is 2. The Labute approximate surface area is 129 Å². The molecule has 0 radical (unpaired) electrons. The lowest BCUT2D eigenvalue weighted by Gasteiger charge is -2.12. The van der Waals surface area contributed by atoms with Crippen molar-refractivity contribution in [3.8, 4) is 17.2 Å². The third-order valence-corrected chi connectivity index (χ3v) is 3.41. The van der Waals surface area contributed by atoms with Crippen molar-refractivity contribution in [1.29, 1.82) is 0 Å². The molecule has 0 saturated carbocycles. The van der Waals surface area contributed by atoms with Crippen LogP contribution in [-0.2, 0) is 13.1 Å². The van der Waals surface area contributed by atoms with E-state index in [1.54, 1.807) is 26.4 Å². The predicted molar refractivity (Wildman–Crippen MR) is 83.2 cm³/mol. The largest absolute Gasteiger partial charge is 0.508 e. The molecule has 0 atom stereocenters. The molecule has 0 aromatic heterocycles. The van der Waals surface area contributed by atoms with E-state index in [0.29, 0.717) is 29.6 Å². The Kier molecular flexibility index (Phi) is 5.31. The molecule has 0 aliphatic rings. The first-order valence-corrected chi connectivity index (χ1v) is 6.91. The first-order chi connectivity index (χ1) is 10.2. The van der Waals surface area contributed by atoms with E-state index in [1.807, 2.05) is 24.3 Å². The van der Waals surface area contributed by atoms with Gasteiger partial charge in [0.15, 0.2) is 11.5 Å². The van der Waals surface area contributed by atoms with Gasteiger partial charge in [-0.3, -0.25) is 0 Å². The standard InChI is InChI=1S/C16H18ClNO3/c1-20-15-8-11(7-13(17)16(15)21-2)9-18-10-12-5-3-4-6-14(12)19/h3-8,18-19H,9-10H2,1-2H3. The molecule has 5 heteroatoms. The highest BCUT2D eigenvalue weighted by Crippen LogP contribution is 2.35. The van der Waals surface area contributed by atoms with Gasteiger partial charge >= 0.3 is 0 Å². The molecule has 0 fully saturated rings. The molecule has 21 heavy (non-hydrogen) atoms. The van der Waals surface area contributed by atoms with Crippen LogP contribution in [0.4, 0.5) is 0 Å². The second-order valence-electron chi connectivity index (χ2n) is 4.55. The van der Waals surface area contributed by atoms with Crippen molar-refractivity contribution in [2.45, 2.75) is 13.1 Å². The molecule has 112 valence electrons. The van der Waals surface area contributed by atoms with Gasteiger partial charge in [-0.25, -0.2) is 0 Å². The van der Waals surface area contributed by atoms with Crippen LogP contribution >= 0.6 is 11.6 Å². The summed E-state index contributed by atoms with van der Waals surface area (Å²) in [7, 11) is 3.13. The van der Waals surface area contributed by atoms with Crippen molar-refractivity contribution >= 4 is 11.6 Å². The number of halogens is 1. The minimum atomic E-state index is 0.287. The molecule has 0 aliphatic heterocycles. The summed E-state index contributed by atoms with van der Waals surface area (Å²) in [6, 6.07) is 11.0. The highest BCUT2D eigenvalue weighted by atomic mass is 35.5. The van der Waals surface area contributed by atoms with Crippen LogP contribution in [0.2, 0.25) is 5.02 Å². The van der Waals surface area contributed by atoms with E-state index in [4.69, 9.17) is 21.1 Å². The molecule has 2 aromatic rings. The maximum atomic E-state index is 9.70. The first-order valence-electron chi connectivity index (χ1n) is 6.53. The molecule has 2 aromatic carbocycles. The van der Waals surface area contributed by atoms with Crippen molar-refractivity contribution in [2.24, 2.45) is 0 Å². The third-order valence-electron chi connectivity index (χ3n) is 3.13. The molecule has 0 amide bonds. The average molecular weight is 308 g/mol. The van der Waals surface area contributed by atoms with Crippen molar-refractivity contribution in [3.05, 3.63) is 52.5 Å². The van der Waals surface area contributed by atoms with Gasteiger partial charge in [-0.2, -0.15) is 0 Å². The van der Waals surface area contributed by atoms with E-state index in [1.165, 1.54) is 0 Å². The van der Waals surface area contributed by atoms with Gasteiger partial charge in [0.1, 0.15) is 5.75 Å². The van der Waals surface area contributed by atoms with E-state index >= 15 is 0 Å². The minimum absolute atomic E-state index is 0.287. The quantitative estimate of drug-likeness (QED) is 0.859. The van der Waals surface area contributed by atoms with Gasteiger partial charge in [0.05, 0.1) is 19.2 Å². The number of phenols is 1. The zero-order chi connectivity index (χ0) is 15.2. The van der Waals surface area contributed by atoms with Gasteiger partial charge in [-0.05, 0) is 23.8 Å². The summed E-state index contributed by atoms with van der Waals surface area (Å²) < 4.78 is 10.5. The summed E-state index contributed by atoms with van der Waals surface area (Å²) in [4.78, 5) is 0. The highest BCUT2D eigenvalue weighted by molar-refractivity contribution is 6.32. The fourth-order valence-electron chi connectivity index (χ4n) is 2.08. The van der Waals surface area contributed by atoms with E-state index < -0.39 is 0 Å². The molecular weight excluding hydrogens is 290 g/mol. The summed E-state index contributed by atoms with van der Waals surface area (Å²) in [5.41, 5.74) is 1.83. The Morgan fingerprint density at radius 2 is 1.86 bits per heavy atom. The SMILES string of the molecule is COc1cc(CNCc2ccccc2O)cc(Cl)c1OC. The lowest BCUT2D eigenvalue weighted by atomic mass is 10.1. The molecular formula is C16H18ClNO3. The van der Waals surface area contributed by atoms with Crippen LogP contribution in [0, 0.1) is 0 Å². The molecule has 0 unspecified atom stereocenters. The molecule has 2 rings (SSSR count). The number of methoxy groups -OCH3 is 2. The van der Waals surface area contributed by atoms with Crippen molar-refractivity contribution in [2.75, 3.05) is 14.2 Å². The maximum Gasteiger partial charge on any atom is 0.179 e. The molecule has 0 heterocycles. The summed E-state index contributed by atoms with van der Waals surface area (Å²) in [6.07, 6.45) is 0. The van der Waals surface area contributed by atoms with E-state index in [9.17, 15) is 5.11 Å². The van der Waals surface area contributed by atoms with Crippen LogP contribution < -0.4 is 14.8 Å². The predicted octanol–water partition coefficient (Wildman–Crippen LogP) is 3.35. The van der Waals surface area contributed by atoms with Gasteiger partial charge in [0, 0.05) is 18.7 Å². The Morgan fingerprint density at radius 3 is 2.52 bits per heavy atom. The van der Waals surface area contributed by atoms with E-state index in [2.05, 4.69) is 5.32 Å². The van der Waals surface area contributed by atoms with Crippen molar-refractivity contribution in [3.63, 3.8) is 0 Å². The lowest BCUT2D eigenvalue weighted by Crippen LogP contribution is -2.13. The Hall–Kier alpha value is -1.91. The van der Waals surface area contributed by atoms with Crippen molar-refractivity contribution < 1.29 is 14.6 Å². The molecule has 2 N–H and O–H groups in total. The Balaban J connectivity index is 2.04. The summed E-state index contributed by atoms with van der Waals surface area (Å²) in [6.45, 7) is 1.17. The number of phenolic OH excluding ortho intramolecular Hbond substituents is 1. The normalized spacial score (nSPS) is 10.4. The number of para-hydroxylation sites is 1. The maximum absolute atomic E-state index is 9.70. The van der Waals surface area contributed by atoms with Crippen LogP contribution in [-0.4, -0.2) is 19.3 Å². The second kappa shape index (κ2) is 7.20. The average Bonchev–Trinajstić information content (AvgIpc) is 2.48. The number of ether oxygens (including phenoxy) is 2. The zero-order valence-electron chi connectivity index (χ0n) is 12.0. The Bertz CT molecular complexity index is 616. The number of rotatable bonds is 6. The van der Waals surface area contributed by atoms with E-state index in [-0.39, 0.29) is 5.75 Å². The van der Waals surface area contributed by atoms with Crippen molar-refractivity contribution in [1.82, 2.24) is 5.32 Å². The molecule has 4 nitrogen and oxygen atoms in total. The summed E-state index contributed by atoms with van der Waals surface area (Å²) >= 11 is 6.16. The van der Waals surface area contributed by atoms with Crippen LogP contribution in [0.3, 0.4) is 0 Å². The van der Waals surface area contributed by atoms with Gasteiger partial charge in [0.2, 0.25) is 0 Å². The summed E-state index contributed by atoms with van der Waals surface area (Å²) in [5, 5.41) is 13.5.